The Kier molecular flexibility index (Phi) is 4.09. The van der Waals surface area contributed by atoms with Gasteiger partial charge in [-0.25, -0.2) is 4.79 Å². The summed E-state index contributed by atoms with van der Waals surface area (Å²) in [5.74, 6) is -0.821. The molecule has 0 N–H and O–H groups in total. The Bertz CT molecular complexity index is 447. The molecule has 1 rings (SSSR count). The molecule has 16 heavy (non-hydrogen) atoms. The van der Waals surface area contributed by atoms with Crippen LogP contribution in [0.25, 0.3) is 0 Å². The zero-order chi connectivity index (χ0) is 12.3. The minimum absolute atomic E-state index is 0.111. The van der Waals surface area contributed by atoms with Crippen molar-refractivity contribution in [1.82, 2.24) is 0 Å². The van der Waals surface area contributed by atoms with Crippen molar-refractivity contribution in [2.75, 3.05) is 6.61 Å². The van der Waals surface area contributed by atoms with E-state index < -0.39 is 16.6 Å². The van der Waals surface area contributed by atoms with E-state index >= 15 is 0 Å². The Hall–Kier alpha value is -1.33. The van der Waals surface area contributed by atoms with Crippen molar-refractivity contribution in [3.63, 3.8) is 0 Å². The van der Waals surface area contributed by atoms with Gasteiger partial charge >= 0.3 is 11.7 Å². The van der Waals surface area contributed by atoms with Crippen LogP contribution in [0.4, 0.5) is 5.69 Å². The third-order valence-corrected chi connectivity index (χ3v) is 2.21. The van der Waals surface area contributed by atoms with Crippen molar-refractivity contribution in [1.29, 1.82) is 0 Å². The molecule has 0 heterocycles. The molecular formula is C9H7Cl2NO4. The lowest BCUT2D eigenvalue weighted by Crippen LogP contribution is -2.08. The largest absolute Gasteiger partial charge is 0.462 e. The van der Waals surface area contributed by atoms with Crippen molar-refractivity contribution in [2.24, 2.45) is 0 Å². The Morgan fingerprint density at radius 1 is 1.50 bits per heavy atom. The van der Waals surface area contributed by atoms with Crippen LogP contribution in [-0.2, 0) is 4.74 Å². The maximum Gasteiger partial charge on any atom is 0.345 e. The Morgan fingerprint density at radius 2 is 2.12 bits per heavy atom. The fraction of sp³-hybridized carbons (Fsp3) is 0.222. The van der Waals surface area contributed by atoms with Gasteiger partial charge < -0.3 is 4.74 Å². The lowest BCUT2D eigenvalue weighted by atomic mass is 10.2. The van der Waals surface area contributed by atoms with Crippen LogP contribution < -0.4 is 0 Å². The van der Waals surface area contributed by atoms with Crippen molar-refractivity contribution in [3.05, 3.63) is 37.9 Å². The van der Waals surface area contributed by atoms with E-state index in [1.165, 1.54) is 6.07 Å². The van der Waals surface area contributed by atoms with E-state index in [2.05, 4.69) is 4.74 Å². The summed E-state index contributed by atoms with van der Waals surface area (Å²) >= 11 is 11.3. The summed E-state index contributed by atoms with van der Waals surface area (Å²) in [7, 11) is 0. The molecule has 0 aliphatic carbocycles. The Balaban J connectivity index is 3.35. The molecule has 5 nitrogen and oxygen atoms in total. The van der Waals surface area contributed by atoms with Crippen LogP contribution in [0.2, 0.25) is 10.0 Å². The highest BCUT2D eigenvalue weighted by molar-refractivity contribution is 6.36. The van der Waals surface area contributed by atoms with Gasteiger partial charge in [-0.3, -0.25) is 10.1 Å². The van der Waals surface area contributed by atoms with Crippen LogP contribution >= 0.6 is 23.2 Å². The molecule has 0 bridgehead atoms. The van der Waals surface area contributed by atoms with E-state index in [9.17, 15) is 14.9 Å². The number of hydrogen-bond acceptors (Lipinski definition) is 4. The number of nitrogens with zero attached hydrogens (tertiary/aromatic N) is 1. The highest BCUT2D eigenvalue weighted by Gasteiger charge is 2.25. The smallest absolute Gasteiger partial charge is 0.345 e. The van der Waals surface area contributed by atoms with Crippen molar-refractivity contribution < 1.29 is 14.5 Å². The predicted molar refractivity (Wildman–Crippen MR) is 59.1 cm³/mol. The first kappa shape index (κ1) is 12.7. The molecule has 0 saturated carbocycles. The highest BCUT2D eigenvalue weighted by atomic mass is 35.5. The third kappa shape index (κ3) is 2.62. The molecule has 0 aliphatic rings. The van der Waals surface area contributed by atoms with Crippen molar-refractivity contribution in [3.8, 4) is 0 Å². The number of ether oxygens (including phenoxy) is 1. The first-order valence-corrected chi connectivity index (χ1v) is 5.03. The summed E-state index contributed by atoms with van der Waals surface area (Å²) in [5, 5.41) is 10.7. The van der Waals surface area contributed by atoms with Gasteiger partial charge in [0.1, 0.15) is 10.6 Å². The average molecular weight is 264 g/mol. The van der Waals surface area contributed by atoms with E-state index in [0.717, 1.165) is 6.07 Å². The number of halogens is 2. The maximum atomic E-state index is 11.4. The Morgan fingerprint density at radius 3 is 2.62 bits per heavy atom. The molecule has 0 aliphatic heterocycles. The van der Waals surface area contributed by atoms with Gasteiger partial charge in [0.05, 0.1) is 11.5 Å². The van der Waals surface area contributed by atoms with Gasteiger partial charge in [-0.1, -0.05) is 23.2 Å². The first-order chi connectivity index (χ1) is 7.47. The van der Waals surface area contributed by atoms with Gasteiger partial charge in [0.25, 0.3) is 0 Å². The molecule has 0 amide bonds. The van der Waals surface area contributed by atoms with Gasteiger partial charge in [0.2, 0.25) is 0 Å². The average Bonchev–Trinajstić information content (AvgIpc) is 2.15. The van der Waals surface area contributed by atoms with Crippen LogP contribution in [0, 0.1) is 10.1 Å². The van der Waals surface area contributed by atoms with Gasteiger partial charge in [-0.05, 0) is 19.1 Å². The number of rotatable bonds is 3. The minimum atomic E-state index is -0.821. The van der Waals surface area contributed by atoms with Gasteiger partial charge in [-0.2, -0.15) is 0 Å². The summed E-state index contributed by atoms with van der Waals surface area (Å²) < 4.78 is 4.67. The fourth-order valence-electron chi connectivity index (χ4n) is 1.12. The second-order valence-electron chi connectivity index (χ2n) is 2.76. The van der Waals surface area contributed by atoms with Gasteiger partial charge in [0.15, 0.2) is 0 Å². The van der Waals surface area contributed by atoms with E-state index in [4.69, 9.17) is 23.2 Å². The SMILES string of the molecule is CCOC(=O)c1cc(Cl)cc(Cl)c1[N+](=O)[O-]. The molecule has 0 fully saturated rings. The maximum absolute atomic E-state index is 11.4. The lowest BCUT2D eigenvalue weighted by molar-refractivity contribution is -0.385. The van der Waals surface area contributed by atoms with Crippen molar-refractivity contribution >= 4 is 34.9 Å². The molecular weight excluding hydrogens is 257 g/mol. The molecule has 0 radical (unpaired) electrons. The number of hydrogen-bond donors (Lipinski definition) is 0. The Labute approximate surface area is 101 Å². The number of nitro benzene ring substituents is 1. The predicted octanol–water partition coefficient (Wildman–Crippen LogP) is 3.08. The summed E-state index contributed by atoms with van der Waals surface area (Å²) in [6.07, 6.45) is 0. The zero-order valence-electron chi connectivity index (χ0n) is 8.20. The molecule has 1 aromatic rings. The van der Waals surface area contributed by atoms with Gasteiger partial charge in [0, 0.05) is 5.02 Å². The minimum Gasteiger partial charge on any atom is -0.462 e. The molecule has 0 spiro atoms. The molecule has 0 aromatic heterocycles. The van der Waals surface area contributed by atoms with Crippen LogP contribution in [0.15, 0.2) is 12.1 Å². The number of esters is 1. The molecule has 1 aromatic carbocycles. The number of benzene rings is 1. The summed E-state index contributed by atoms with van der Waals surface area (Å²) in [4.78, 5) is 21.4. The topological polar surface area (TPSA) is 69.4 Å². The zero-order valence-corrected chi connectivity index (χ0v) is 9.71. The second kappa shape index (κ2) is 5.14. The van der Waals surface area contributed by atoms with Crippen molar-refractivity contribution in [2.45, 2.75) is 6.92 Å². The van der Waals surface area contributed by atoms with E-state index in [1.807, 2.05) is 0 Å². The third-order valence-electron chi connectivity index (χ3n) is 1.71. The van der Waals surface area contributed by atoms with Crippen LogP contribution in [-0.4, -0.2) is 17.5 Å². The normalized spacial score (nSPS) is 9.94. The molecule has 7 heteroatoms. The number of carbonyl (C=O) groups is 1. The lowest BCUT2D eigenvalue weighted by Gasteiger charge is -2.04. The quantitative estimate of drug-likeness (QED) is 0.478. The molecule has 0 unspecified atom stereocenters. The van der Waals surface area contributed by atoms with Crippen LogP contribution in [0.5, 0.6) is 0 Å². The number of nitro groups is 1. The summed E-state index contributed by atoms with van der Waals surface area (Å²) in [5.41, 5.74) is -0.742. The standard InChI is InChI=1S/C9H7Cl2NO4/c1-2-16-9(13)6-3-5(10)4-7(11)8(6)12(14)15/h3-4H,2H2,1H3. The monoisotopic (exact) mass is 263 g/mol. The van der Waals surface area contributed by atoms with Crippen LogP contribution in [0.1, 0.15) is 17.3 Å². The van der Waals surface area contributed by atoms with E-state index in [1.54, 1.807) is 6.92 Å². The van der Waals surface area contributed by atoms with Crippen LogP contribution in [0.3, 0.4) is 0 Å². The van der Waals surface area contributed by atoms with E-state index in [0.29, 0.717) is 0 Å². The van der Waals surface area contributed by atoms with E-state index in [-0.39, 0.29) is 22.2 Å². The molecule has 0 saturated heterocycles. The highest BCUT2D eigenvalue weighted by Crippen LogP contribution is 2.32. The molecule has 0 atom stereocenters. The van der Waals surface area contributed by atoms with Gasteiger partial charge in [-0.15, -0.1) is 0 Å². The number of carbonyl (C=O) groups excluding carboxylic acids is 1. The first-order valence-electron chi connectivity index (χ1n) is 4.28. The summed E-state index contributed by atoms with van der Waals surface area (Å²) in [6.45, 7) is 1.70. The molecule has 86 valence electrons. The fourth-order valence-corrected chi connectivity index (χ4v) is 1.68. The summed E-state index contributed by atoms with van der Waals surface area (Å²) in [6, 6.07) is 2.35. The second-order valence-corrected chi connectivity index (χ2v) is 3.60.